The number of benzene rings is 3. The number of nitrogens with one attached hydrogen (secondary N) is 1. The highest BCUT2D eigenvalue weighted by Gasteiger charge is 2.29. The molecule has 0 radical (unpaired) electrons. The summed E-state index contributed by atoms with van der Waals surface area (Å²) < 4.78 is 0. The van der Waals surface area contributed by atoms with Crippen LogP contribution in [0, 0.1) is 0 Å². The molecular weight excluding hydrogens is 479 g/mol. The maximum Gasteiger partial charge on any atom is 0.242 e. The maximum absolute atomic E-state index is 13.8. The third kappa shape index (κ3) is 7.33. The topological polar surface area (TPSA) is 49.4 Å². The van der Waals surface area contributed by atoms with Crippen molar-refractivity contribution in [2.45, 2.75) is 58.2 Å². The third-order valence-electron chi connectivity index (χ3n) is 6.29. The minimum atomic E-state index is -0.654. The van der Waals surface area contributed by atoms with E-state index in [4.69, 9.17) is 23.2 Å². The largest absolute Gasteiger partial charge is 0.352 e. The van der Waals surface area contributed by atoms with Crippen molar-refractivity contribution in [3.05, 3.63) is 106 Å². The molecule has 0 aromatic heterocycles. The average Bonchev–Trinajstić information content (AvgIpc) is 2.88. The molecule has 0 aliphatic carbocycles. The molecule has 0 saturated carbocycles. The molecule has 0 aliphatic rings. The summed E-state index contributed by atoms with van der Waals surface area (Å²) in [5, 5.41) is 3.87. The monoisotopic (exact) mass is 510 g/mol. The quantitative estimate of drug-likeness (QED) is 0.324. The van der Waals surface area contributed by atoms with Gasteiger partial charge in [-0.05, 0) is 49.1 Å². The second-order valence-corrected chi connectivity index (χ2v) is 9.66. The van der Waals surface area contributed by atoms with Crippen LogP contribution >= 0.6 is 23.2 Å². The standard InChI is InChI=1S/C29H32Cl2N2O2/c1-4-20(2)32-29(35)21(3)33(19-22-15-16-26(30)27(31)17-22)28(34)18-25(23-11-7-5-8-12-23)24-13-9-6-10-14-24/h5-17,20-21,25H,4,18-19H2,1-3H3,(H,32,35). The van der Waals surface area contributed by atoms with Crippen LogP contribution in [-0.4, -0.2) is 28.8 Å². The summed E-state index contributed by atoms with van der Waals surface area (Å²) in [6.45, 7) is 5.99. The normalized spacial score (nSPS) is 12.7. The molecule has 0 spiro atoms. The molecule has 0 heterocycles. The molecule has 3 aromatic carbocycles. The number of carbonyl (C=O) groups excluding carboxylic acids is 2. The first-order valence-electron chi connectivity index (χ1n) is 11.9. The van der Waals surface area contributed by atoms with Crippen molar-refractivity contribution in [3.63, 3.8) is 0 Å². The summed E-state index contributed by atoms with van der Waals surface area (Å²) in [5.74, 6) is -0.421. The Kier molecular flexibility index (Phi) is 9.76. The molecule has 0 fully saturated rings. The molecule has 184 valence electrons. The molecule has 0 saturated heterocycles. The van der Waals surface area contributed by atoms with Crippen molar-refractivity contribution in [1.29, 1.82) is 0 Å². The van der Waals surface area contributed by atoms with Gasteiger partial charge in [0.2, 0.25) is 11.8 Å². The zero-order chi connectivity index (χ0) is 25.4. The second-order valence-electron chi connectivity index (χ2n) is 8.84. The van der Waals surface area contributed by atoms with Gasteiger partial charge in [0.25, 0.3) is 0 Å². The number of carbonyl (C=O) groups is 2. The van der Waals surface area contributed by atoms with E-state index >= 15 is 0 Å². The van der Waals surface area contributed by atoms with Crippen LogP contribution in [0.15, 0.2) is 78.9 Å². The van der Waals surface area contributed by atoms with E-state index < -0.39 is 6.04 Å². The van der Waals surface area contributed by atoms with Gasteiger partial charge in [-0.2, -0.15) is 0 Å². The Morgan fingerprint density at radius 1 is 0.857 bits per heavy atom. The summed E-state index contributed by atoms with van der Waals surface area (Å²) in [5.41, 5.74) is 2.92. The van der Waals surface area contributed by atoms with Crippen LogP contribution in [0.4, 0.5) is 0 Å². The lowest BCUT2D eigenvalue weighted by atomic mass is 9.88. The number of hydrogen-bond donors (Lipinski definition) is 1. The lowest BCUT2D eigenvalue weighted by Gasteiger charge is -2.31. The highest BCUT2D eigenvalue weighted by Crippen LogP contribution is 2.30. The van der Waals surface area contributed by atoms with Gasteiger partial charge in [0.15, 0.2) is 0 Å². The molecule has 0 aliphatic heterocycles. The van der Waals surface area contributed by atoms with E-state index in [9.17, 15) is 9.59 Å². The third-order valence-corrected chi connectivity index (χ3v) is 7.03. The van der Waals surface area contributed by atoms with Crippen molar-refractivity contribution in [3.8, 4) is 0 Å². The summed E-state index contributed by atoms with van der Waals surface area (Å²) in [7, 11) is 0. The fraction of sp³-hybridized carbons (Fsp3) is 0.310. The molecule has 0 bridgehead atoms. The Morgan fingerprint density at radius 2 is 1.43 bits per heavy atom. The molecule has 6 heteroatoms. The molecule has 4 nitrogen and oxygen atoms in total. The first-order chi connectivity index (χ1) is 16.8. The minimum Gasteiger partial charge on any atom is -0.352 e. The first-order valence-corrected chi connectivity index (χ1v) is 12.7. The molecule has 35 heavy (non-hydrogen) atoms. The van der Waals surface area contributed by atoms with Gasteiger partial charge >= 0.3 is 0 Å². The van der Waals surface area contributed by atoms with Gasteiger partial charge in [0.05, 0.1) is 10.0 Å². The number of hydrogen-bond acceptors (Lipinski definition) is 2. The molecule has 2 atom stereocenters. The van der Waals surface area contributed by atoms with E-state index in [1.165, 1.54) is 0 Å². The average molecular weight is 511 g/mol. The van der Waals surface area contributed by atoms with E-state index in [0.717, 1.165) is 23.1 Å². The van der Waals surface area contributed by atoms with E-state index in [-0.39, 0.29) is 36.7 Å². The Balaban J connectivity index is 1.92. The van der Waals surface area contributed by atoms with Crippen molar-refractivity contribution in [1.82, 2.24) is 10.2 Å². The summed E-state index contributed by atoms with van der Waals surface area (Å²) in [6, 6.07) is 24.6. The van der Waals surface area contributed by atoms with E-state index in [1.807, 2.05) is 80.6 Å². The van der Waals surface area contributed by atoms with Crippen molar-refractivity contribution < 1.29 is 9.59 Å². The van der Waals surface area contributed by atoms with Crippen molar-refractivity contribution in [2.24, 2.45) is 0 Å². The lowest BCUT2D eigenvalue weighted by Crippen LogP contribution is -2.49. The Labute approximate surface area is 218 Å². The van der Waals surface area contributed by atoms with Gasteiger partial charge in [-0.1, -0.05) is 96.9 Å². The first kappa shape index (κ1) is 26.8. The fourth-order valence-corrected chi connectivity index (χ4v) is 4.29. The number of nitrogens with zero attached hydrogens (tertiary/aromatic N) is 1. The van der Waals surface area contributed by atoms with Gasteiger partial charge in [-0.15, -0.1) is 0 Å². The van der Waals surface area contributed by atoms with Crippen molar-refractivity contribution in [2.75, 3.05) is 0 Å². The predicted octanol–water partition coefficient (Wildman–Crippen LogP) is 6.85. The van der Waals surface area contributed by atoms with Gasteiger partial charge in [-0.25, -0.2) is 0 Å². The molecule has 2 amide bonds. The molecule has 3 rings (SSSR count). The Bertz CT molecular complexity index is 1080. The molecule has 3 aromatic rings. The molecule has 2 unspecified atom stereocenters. The highest BCUT2D eigenvalue weighted by atomic mass is 35.5. The van der Waals surface area contributed by atoms with Crippen LogP contribution in [-0.2, 0) is 16.1 Å². The zero-order valence-electron chi connectivity index (χ0n) is 20.4. The smallest absolute Gasteiger partial charge is 0.242 e. The molecular formula is C29H32Cl2N2O2. The van der Waals surface area contributed by atoms with Crippen LogP contribution in [0.25, 0.3) is 0 Å². The van der Waals surface area contributed by atoms with Crippen LogP contribution < -0.4 is 5.32 Å². The Morgan fingerprint density at radius 3 is 1.94 bits per heavy atom. The van der Waals surface area contributed by atoms with Gasteiger partial charge in [-0.3, -0.25) is 9.59 Å². The minimum absolute atomic E-state index is 0.0215. The van der Waals surface area contributed by atoms with Gasteiger partial charge in [0, 0.05) is 24.9 Å². The predicted molar refractivity (Wildman–Crippen MR) is 144 cm³/mol. The van der Waals surface area contributed by atoms with E-state index in [2.05, 4.69) is 5.32 Å². The SMILES string of the molecule is CCC(C)NC(=O)C(C)N(Cc1ccc(Cl)c(Cl)c1)C(=O)CC(c1ccccc1)c1ccccc1. The van der Waals surface area contributed by atoms with Gasteiger partial charge in [0.1, 0.15) is 6.04 Å². The number of halogens is 2. The van der Waals surface area contributed by atoms with Crippen LogP contribution in [0.5, 0.6) is 0 Å². The number of rotatable bonds is 10. The van der Waals surface area contributed by atoms with Crippen molar-refractivity contribution >= 4 is 35.0 Å². The van der Waals surface area contributed by atoms with E-state index in [0.29, 0.717) is 10.0 Å². The van der Waals surface area contributed by atoms with Crippen LogP contribution in [0.2, 0.25) is 10.0 Å². The number of amides is 2. The summed E-state index contributed by atoms with van der Waals surface area (Å²) in [4.78, 5) is 28.5. The second kappa shape index (κ2) is 12.8. The Hall–Kier alpha value is -2.82. The van der Waals surface area contributed by atoms with Gasteiger partial charge < -0.3 is 10.2 Å². The lowest BCUT2D eigenvalue weighted by molar-refractivity contribution is -0.141. The van der Waals surface area contributed by atoms with Crippen LogP contribution in [0.1, 0.15) is 56.2 Å². The maximum atomic E-state index is 13.8. The molecule has 1 N–H and O–H groups in total. The zero-order valence-corrected chi connectivity index (χ0v) is 21.9. The van der Waals surface area contributed by atoms with E-state index in [1.54, 1.807) is 24.0 Å². The fourth-order valence-electron chi connectivity index (χ4n) is 3.97. The summed E-state index contributed by atoms with van der Waals surface area (Å²) >= 11 is 12.3. The summed E-state index contributed by atoms with van der Waals surface area (Å²) in [6.07, 6.45) is 1.04. The highest BCUT2D eigenvalue weighted by molar-refractivity contribution is 6.42. The van der Waals surface area contributed by atoms with Crippen LogP contribution in [0.3, 0.4) is 0 Å².